The number of esters is 1. The summed E-state index contributed by atoms with van der Waals surface area (Å²) in [6.07, 6.45) is 0. The molecule has 0 fully saturated rings. The molecule has 0 radical (unpaired) electrons. The van der Waals surface area contributed by atoms with Gasteiger partial charge in [-0.05, 0) is 47.9 Å². The number of hydrogen-bond acceptors (Lipinski definition) is 2. The molecular formula is C14H13BrO2. The van der Waals surface area contributed by atoms with E-state index in [4.69, 9.17) is 4.74 Å². The second-order valence-electron chi connectivity index (χ2n) is 4.02. The smallest absolute Gasteiger partial charge is 0.338 e. The molecule has 0 aliphatic rings. The molecule has 0 saturated carbocycles. The summed E-state index contributed by atoms with van der Waals surface area (Å²) in [5.41, 5.74) is 2.57. The van der Waals surface area contributed by atoms with Crippen LogP contribution in [0.3, 0.4) is 0 Å². The Morgan fingerprint density at radius 2 is 1.94 bits per heavy atom. The molecule has 3 heteroatoms. The first-order valence-corrected chi connectivity index (χ1v) is 6.12. The second kappa shape index (κ2) is 4.49. The molecule has 2 aromatic carbocycles. The van der Waals surface area contributed by atoms with Crippen LogP contribution < -0.4 is 0 Å². The summed E-state index contributed by atoms with van der Waals surface area (Å²) < 4.78 is 5.87. The van der Waals surface area contributed by atoms with Crippen molar-refractivity contribution in [1.82, 2.24) is 0 Å². The largest absolute Gasteiger partial charge is 0.465 e. The predicted octanol–water partition coefficient (Wildman–Crippen LogP) is 4.01. The molecule has 0 aromatic heterocycles. The summed E-state index contributed by atoms with van der Waals surface area (Å²) >= 11 is 3.53. The Labute approximate surface area is 109 Å². The molecule has 88 valence electrons. The maximum absolute atomic E-state index is 11.7. The van der Waals surface area contributed by atoms with Gasteiger partial charge in [-0.25, -0.2) is 4.79 Å². The van der Waals surface area contributed by atoms with E-state index in [0.717, 1.165) is 26.4 Å². The first-order chi connectivity index (χ1) is 8.06. The van der Waals surface area contributed by atoms with Crippen molar-refractivity contribution in [2.75, 3.05) is 7.11 Å². The fraction of sp³-hybridized carbons (Fsp3) is 0.214. The van der Waals surface area contributed by atoms with Gasteiger partial charge < -0.3 is 4.74 Å². The van der Waals surface area contributed by atoms with Gasteiger partial charge in [0.2, 0.25) is 0 Å². The zero-order valence-corrected chi connectivity index (χ0v) is 11.6. The van der Waals surface area contributed by atoms with Crippen molar-refractivity contribution in [3.05, 3.63) is 45.4 Å². The Morgan fingerprint density at radius 3 is 2.59 bits per heavy atom. The fourth-order valence-corrected chi connectivity index (χ4v) is 2.63. The van der Waals surface area contributed by atoms with E-state index in [9.17, 15) is 4.79 Å². The summed E-state index contributed by atoms with van der Waals surface area (Å²) in [5.74, 6) is -0.276. The molecule has 2 aromatic rings. The van der Waals surface area contributed by atoms with Crippen molar-refractivity contribution in [3.8, 4) is 0 Å². The van der Waals surface area contributed by atoms with Crippen molar-refractivity contribution < 1.29 is 9.53 Å². The third kappa shape index (κ3) is 1.95. The molecule has 0 N–H and O–H groups in total. The van der Waals surface area contributed by atoms with E-state index >= 15 is 0 Å². The lowest BCUT2D eigenvalue weighted by Crippen LogP contribution is -2.07. The molecule has 0 amide bonds. The highest BCUT2D eigenvalue weighted by molar-refractivity contribution is 9.10. The molecule has 0 bridgehead atoms. The Morgan fingerprint density at radius 1 is 1.24 bits per heavy atom. The number of halogens is 1. The van der Waals surface area contributed by atoms with Gasteiger partial charge in [-0.15, -0.1) is 0 Å². The number of carbonyl (C=O) groups is 1. The zero-order chi connectivity index (χ0) is 12.6. The maximum atomic E-state index is 11.7. The van der Waals surface area contributed by atoms with Crippen LogP contribution in [0.2, 0.25) is 0 Å². The molecule has 17 heavy (non-hydrogen) atoms. The van der Waals surface area contributed by atoms with Gasteiger partial charge in [0.25, 0.3) is 0 Å². The topological polar surface area (TPSA) is 26.3 Å². The summed E-state index contributed by atoms with van der Waals surface area (Å²) in [5, 5.41) is 2.19. The first-order valence-electron chi connectivity index (χ1n) is 5.33. The minimum atomic E-state index is -0.276. The molecule has 0 spiro atoms. The van der Waals surface area contributed by atoms with Crippen LogP contribution in [-0.2, 0) is 4.74 Å². The maximum Gasteiger partial charge on any atom is 0.338 e. The predicted molar refractivity (Wildman–Crippen MR) is 72.5 cm³/mol. The minimum Gasteiger partial charge on any atom is -0.465 e. The SMILES string of the molecule is COC(=O)c1c(C)cc2c(Br)cccc2c1C. The van der Waals surface area contributed by atoms with Crippen molar-refractivity contribution in [3.63, 3.8) is 0 Å². The molecule has 0 heterocycles. The summed E-state index contributed by atoms with van der Waals surface area (Å²) in [6, 6.07) is 7.99. The minimum absolute atomic E-state index is 0.276. The number of methoxy groups -OCH3 is 1. The second-order valence-corrected chi connectivity index (χ2v) is 4.87. The average Bonchev–Trinajstić information content (AvgIpc) is 2.30. The number of hydrogen-bond donors (Lipinski definition) is 0. The molecule has 2 rings (SSSR count). The number of benzene rings is 2. The van der Waals surface area contributed by atoms with Gasteiger partial charge in [0, 0.05) is 4.47 Å². The van der Waals surface area contributed by atoms with Crippen molar-refractivity contribution >= 4 is 32.7 Å². The van der Waals surface area contributed by atoms with E-state index in [1.54, 1.807) is 0 Å². The van der Waals surface area contributed by atoms with Crippen LogP contribution in [0, 0.1) is 13.8 Å². The lowest BCUT2D eigenvalue weighted by Gasteiger charge is -2.12. The van der Waals surface area contributed by atoms with Gasteiger partial charge >= 0.3 is 5.97 Å². The fourth-order valence-electron chi connectivity index (χ4n) is 2.15. The van der Waals surface area contributed by atoms with E-state index in [1.165, 1.54) is 7.11 Å². The number of carbonyl (C=O) groups excluding carboxylic acids is 1. The number of ether oxygens (including phenoxy) is 1. The number of rotatable bonds is 1. The van der Waals surface area contributed by atoms with Crippen LogP contribution in [0.5, 0.6) is 0 Å². The van der Waals surface area contributed by atoms with E-state index in [1.807, 2.05) is 38.1 Å². The quantitative estimate of drug-likeness (QED) is 0.743. The standard InChI is InChI=1S/C14H13BrO2/c1-8-7-11-10(5-4-6-12(11)15)9(2)13(8)14(16)17-3/h4-7H,1-3H3. The zero-order valence-electron chi connectivity index (χ0n) is 10.0. The Hall–Kier alpha value is -1.35. The lowest BCUT2D eigenvalue weighted by molar-refractivity contribution is 0.0599. The van der Waals surface area contributed by atoms with Gasteiger partial charge in [-0.2, -0.15) is 0 Å². The Bertz CT molecular complexity index is 603. The Balaban J connectivity index is 2.86. The van der Waals surface area contributed by atoms with E-state index < -0.39 is 0 Å². The van der Waals surface area contributed by atoms with E-state index in [2.05, 4.69) is 15.9 Å². The normalized spacial score (nSPS) is 10.6. The molecule has 0 unspecified atom stereocenters. The molecule has 0 saturated heterocycles. The third-order valence-electron chi connectivity index (χ3n) is 2.98. The molecule has 0 aliphatic heterocycles. The van der Waals surface area contributed by atoms with Gasteiger partial charge in [0.15, 0.2) is 0 Å². The summed E-state index contributed by atoms with van der Waals surface area (Å²) in [7, 11) is 1.41. The van der Waals surface area contributed by atoms with Crippen LogP contribution in [0.4, 0.5) is 0 Å². The molecular weight excluding hydrogens is 280 g/mol. The van der Waals surface area contributed by atoms with Gasteiger partial charge in [0.1, 0.15) is 0 Å². The van der Waals surface area contributed by atoms with E-state index in [-0.39, 0.29) is 5.97 Å². The number of fused-ring (bicyclic) bond motifs is 1. The number of aryl methyl sites for hydroxylation is 2. The molecule has 2 nitrogen and oxygen atoms in total. The van der Waals surface area contributed by atoms with Crippen LogP contribution in [0.15, 0.2) is 28.7 Å². The average molecular weight is 293 g/mol. The van der Waals surface area contributed by atoms with Gasteiger partial charge in [-0.3, -0.25) is 0 Å². The van der Waals surface area contributed by atoms with Gasteiger partial charge in [-0.1, -0.05) is 28.1 Å². The highest BCUT2D eigenvalue weighted by atomic mass is 79.9. The first kappa shape index (κ1) is 12.1. The highest BCUT2D eigenvalue weighted by Crippen LogP contribution is 2.30. The lowest BCUT2D eigenvalue weighted by atomic mass is 9.96. The van der Waals surface area contributed by atoms with Crippen LogP contribution in [0.1, 0.15) is 21.5 Å². The van der Waals surface area contributed by atoms with Crippen molar-refractivity contribution in [2.24, 2.45) is 0 Å². The van der Waals surface area contributed by atoms with Crippen LogP contribution >= 0.6 is 15.9 Å². The monoisotopic (exact) mass is 292 g/mol. The molecule has 0 aliphatic carbocycles. The third-order valence-corrected chi connectivity index (χ3v) is 3.67. The van der Waals surface area contributed by atoms with E-state index in [0.29, 0.717) is 5.56 Å². The molecule has 0 atom stereocenters. The Kier molecular flexibility index (Phi) is 3.20. The van der Waals surface area contributed by atoms with Crippen molar-refractivity contribution in [2.45, 2.75) is 13.8 Å². The summed E-state index contributed by atoms with van der Waals surface area (Å²) in [4.78, 5) is 11.7. The van der Waals surface area contributed by atoms with Crippen LogP contribution in [-0.4, -0.2) is 13.1 Å². The summed E-state index contributed by atoms with van der Waals surface area (Å²) in [6.45, 7) is 3.88. The van der Waals surface area contributed by atoms with Crippen LogP contribution in [0.25, 0.3) is 10.8 Å². The van der Waals surface area contributed by atoms with Gasteiger partial charge in [0.05, 0.1) is 12.7 Å². The highest BCUT2D eigenvalue weighted by Gasteiger charge is 2.15. The van der Waals surface area contributed by atoms with Crippen molar-refractivity contribution in [1.29, 1.82) is 0 Å².